The molecule has 0 bridgehead atoms. The van der Waals surface area contributed by atoms with Crippen LogP contribution in [0.1, 0.15) is 47.5 Å². The molecule has 0 unspecified atom stereocenters. The van der Waals surface area contributed by atoms with E-state index in [1.165, 1.54) is 6.42 Å². The maximum atomic E-state index is 5.61. The zero-order valence-electron chi connectivity index (χ0n) is 10.9. The zero-order valence-corrected chi connectivity index (χ0v) is 10.9. The van der Waals surface area contributed by atoms with Gasteiger partial charge in [-0.2, -0.15) is 0 Å². The molecule has 2 heteroatoms. The van der Waals surface area contributed by atoms with E-state index in [2.05, 4.69) is 46.6 Å². The molecule has 0 spiro atoms. The summed E-state index contributed by atoms with van der Waals surface area (Å²) in [5.41, 5.74) is 6.27. The minimum absolute atomic E-state index is 0.236. The Morgan fingerprint density at radius 1 is 1.00 bits per heavy atom. The van der Waals surface area contributed by atoms with Crippen molar-refractivity contribution in [1.29, 1.82) is 0 Å². The Hall–Kier alpha value is -0.0800. The van der Waals surface area contributed by atoms with Crippen molar-refractivity contribution in [3.63, 3.8) is 0 Å². The second kappa shape index (κ2) is 5.13. The first-order valence-electron chi connectivity index (χ1n) is 5.60. The lowest BCUT2D eigenvalue weighted by Crippen LogP contribution is -2.43. The van der Waals surface area contributed by atoms with E-state index >= 15 is 0 Å². The van der Waals surface area contributed by atoms with Gasteiger partial charge in [0.2, 0.25) is 0 Å². The molecule has 0 amide bonds. The Balaban J connectivity index is 4.00. The molecule has 0 aromatic carbocycles. The zero-order chi connectivity index (χ0) is 11.4. The fraction of sp³-hybridized carbons (Fsp3) is 1.00. The highest BCUT2D eigenvalue weighted by atomic mass is 15.2. The third kappa shape index (κ3) is 5.61. The van der Waals surface area contributed by atoms with Gasteiger partial charge in [-0.25, -0.2) is 0 Å². The average molecular weight is 200 g/mol. The molecule has 0 atom stereocenters. The molecule has 0 aromatic heterocycles. The molecule has 0 aliphatic carbocycles. The van der Waals surface area contributed by atoms with Crippen LogP contribution in [-0.2, 0) is 0 Å². The molecule has 0 aromatic rings. The monoisotopic (exact) mass is 200 g/mol. The molecular weight excluding hydrogens is 172 g/mol. The average Bonchev–Trinajstić information content (AvgIpc) is 1.98. The van der Waals surface area contributed by atoms with Crippen LogP contribution in [0.2, 0.25) is 0 Å². The fourth-order valence-electron chi connectivity index (χ4n) is 1.35. The number of rotatable bonds is 5. The van der Waals surface area contributed by atoms with E-state index in [9.17, 15) is 0 Å². The molecule has 0 rings (SSSR count). The van der Waals surface area contributed by atoms with Gasteiger partial charge in [-0.15, -0.1) is 0 Å². The van der Waals surface area contributed by atoms with Crippen molar-refractivity contribution in [3.05, 3.63) is 0 Å². The lowest BCUT2D eigenvalue weighted by atomic mass is 9.90. The Kier molecular flexibility index (Phi) is 5.10. The Labute approximate surface area is 89.9 Å². The van der Waals surface area contributed by atoms with Crippen LogP contribution >= 0.6 is 0 Å². The van der Waals surface area contributed by atoms with E-state index in [0.717, 1.165) is 19.5 Å². The summed E-state index contributed by atoms with van der Waals surface area (Å²) in [4.78, 5) is 2.42. The SMILES string of the molecule is CN(CCC(C)(C)C)C(C)(C)CCN. The molecule has 14 heavy (non-hydrogen) atoms. The van der Waals surface area contributed by atoms with E-state index in [0.29, 0.717) is 5.41 Å². The van der Waals surface area contributed by atoms with Crippen molar-refractivity contribution in [1.82, 2.24) is 4.90 Å². The lowest BCUT2D eigenvalue weighted by Gasteiger charge is -2.37. The molecule has 0 saturated heterocycles. The first-order chi connectivity index (χ1) is 6.19. The first kappa shape index (κ1) is 13.9. The number of hydrogen-bond donors (Lipinski definition) is 1. The highest BCUT2D eigenvalue weighted by Gasteiger charge is 2.23. The van der Waals surface area contributed by atoms with Gasteiger partial charge in [0.05, 0.1) is 0 Å². The fourth-order valence-corrected chi connectivity index (χ4v) is 1.35. The summed E-state index contributed by atoms with van der Waals surface area (Å²) in [5, 5.41) is 0. The maximum Gasteiger partial charge on any atom is 0.0162 e. The van der Waals surface area contributed by atoms with Gasteiger partial charge < -0.3 is 10.6 Å². The van der Waals surface area contributed by atoms with Gasteiger partial charge in [0.1, 0.15) is 0 Å². The highest BCUT2D eigenvalue weighted by molar-refractivity contribution is 4.80. The molecule has 0 aliphatic rings. The minimum Gasteiger partial charge on any atom is -0.330 e. The third-order valence-electron chi connectivity index (χ3n) is 2.99. The quantitative estimate of drug-likeness (QED) is 0.739. The van der Waals surface area contributed by atoms with Crippen molar-refractivity contribution < 1.29 is 0 Å². The van der Waals surface area contributed by atoms with Crippen molar-refractivity contribution in [2.24, 2.45) is 11.1 Å². The summed E-state index contributed by atoms with van der Waals surface area (Å²) in [7, 11) is 2.20. The van der Waals surface area contributed by atoms with Crippen LogP contribution < -0.4 is 5.73 Å². The predicted molar refractivity (Wildman–Crippen MR) is 64.5 cm³/mol. The number of hydrogen-bond acceptors (Lipinski definition) is 2. The van der Waals surface area contributed by atoms with Crippen molar-refractivity contribution in [2.45, 2.75) is 53.0 Å². The second-order valence-corrected chi connectivity index (χ2v) is 6.08. The van der Waals surface area contributed by atoms with Crippen LogP contribution in [0.4, 0.5) is 0 Å². The summed E-state index contributed by atoms with van der Waals surface area (Å²) < 4.78 is 0. The topological polar surface area (TPSA) is 29.3 Å². The molecule has 86 valence electrons. The Morgan fingerprint density at radius 2 is 1.50 bits per heavy atom. The standard InChI is InChI=1S/C12H28N2/c1-11(2,3)8-10-14(6)12(4,5)7-9-13/h7-10,13H2,1-6H3. The van der Waals surface area contributed by atoms with Crippen LogP contribution in [0.15, 0.2) is 0 Å². The van der Waals surface area contributed by atoms with Crippen LogP contribution in [0, 0.1) is 5.41 Å². The van der Waals surface area contributed by atoms with Gasteiger partial charge in [-0.3, -0.25) is 0 Å². The smallest absolute Gasteiger partial charge is 0.0162 e. The van der Waals surface area contributed by atoms with E-state index in [-0.39, 0.29) is 5.54 Å². The molecule has 0 fully saturated rings. The molecule has 0 radical (unpaired) electrons. The Morgan fingerprint density at radius 3 is 1.86 bits per heavy atom. The summed E-state index contributed by atoms with van der Waals surface area (Å²) in [6.45, 7) is 13.3. The van der Waals surface area contributed by atoms with Crippen LogP contribution in [0.25, 0.3) is 0 Å². The van der Waals surface area contributed by atoms with Crippen molar-refractivity contribution in [2.75, 3.05) is 20.1 Å². The van der Waals surface area contributed by atoms with Crippen molar-refractivity contribution in [3.8, 4) is 0 Å². The minimum atomic E-state index is 0.236. The van der Waals surface area contributed by atoms with Crippen LogP contribution in [0.5, 0.6) is 0 Å². The number of nitrogens with two attached hydrogens (primary N) is 1. The maximum absolute atomic E-state index is 5.61. The van der Waals surface area contributed by atoms with Crippen LogP contribution in [-0.4, -0.2) is 30.6 Å². The van der Waals surface area contributed by atoms with Crippen LogP contribution in [0.3, 0.4) is 0 Å². The lowest BCUT2D eigenvalue weighted by molar-refractivity contribution is 0.130. The van der Waals surface area contributed by atoms with Crippen molar-refractivity contribution >= 4 is 0 Å². The largest absolute Gasteiger partial charge is 0.330 e. The van der Waals surface area contributed by atoms with E-state index < -0.39 is 0 Å². The summed E-state index contributed by atoms with van der Waals surface area (Å²) in [6, 6.07) is 0. The third-order valence-corrected chi connectivity index (χ3v) is 2.99. The molecule has 0 heterocycles. The summed E-state index contributed by atoms with van der Waals surface area (Å²) in [6.07, 6.45) is 2.30. The molecule has 2 nitrogen and oxygen atoms in total. The van der Waals surface area contributed by atoms with E-state index in [1.807, 2.05) is 0 Å². The van der Waals surface area contributed by atoms with Gasteiger partial charge >= 0.3 is 0 Å². The molecule has 2 N–H and O–H groups in total. The van der Waals surface area contributed by atoms with Gasteiger partial charge in [0.25, 0.3) is 0 Å². The van der Waals surface area contributed by atoms with E-state index in [1.54, 1.807) is 0 Å². The molecular formula is C12H28N2. The Bertz CT molecular complexity index is 156. The second-order valence-electron chi connectivity index (χ2n) is 6.08. The molecule has 0 saturated carbocycles. The first-order valence-corrected chi connectivity index (χ1v) is 5.60. The molecule has 0 aliphatic heterocycles. The van der Waals surface area contributed by atoms with E-state index in [4.69, 9.17) is 5.73 Å². The van der Waals surface area contributed by atoms with Gasteiger partial charge in [0.15, 0.2) is 0 Å². The van der Waals surface area contributed by atoms with Gasteiger partial charge in [-0.05, 0) is 52.2 Å². The number of nitrogens with zero attached hydrogens (tertiary/aromatic N) is 1. The van der Waals surface area contributed by atoms with Gasteiger partial charge in [-0.1, -0.05) is 20.8 Å². The predicted octanol–water partition coefficient (Wildman–Crippen LogP) is 2.48. The highest BCUT2D eigenvalue weighted by Crippen LogP contribution is 2.22. The van der Waals surface area contributed by atoms with Gasteiger partial charge in [0, 0.05) is 5.54 Å². The summed E-state index contributed by atoms with van der Waals surface area (Å²) >= 11 is 0. The normalized spacial score (nSPS) is 13.7. The summed E-state index contributed by atoms with van der Waals surface area (Å²) in [5.74, 6) is 0.